The molecule has 87 heavy (non-hydrogen) atoms. The van der Waals surface area contributed by atoms with Gasteiger partial charge in [-0.05, 0) is 64.7 Å². The van der Waals surface area contributed by atoms with E-state index >= 15 is 0 Å². The van der Waals surface area contributed by atoms with E-state index in [1.54, 1.807) is 0 Å². The summed E-state index contributed by atoms with van der Waals surface area (Å²) >= 11 is 0. The molecule has 0 saturated carbocycles. The number of rotatable bonds is 61. The molecular weight excluding hydrogens is 1140 g/mol. The van der Waals surface area contributed by atoms with Crippen molar-refractivity contribution in [2.24, 2.45) is 11.8 Å². The molecule has 5 atom stereocenters. The Labute approximate surface area is 512 Å². The van der Waals surface area contributed by atoms with Gasteiger partial charge in [0.1, 0.15) is 42.9 Å². The monoisotopic (exact) mass is 1250 g/mol. The van der Waals surface area contributed by atoms with Gasteiger partial charge in [0, 0.05) is 78.4 Å². The van der Waals surface area contributed by atoms with Crippen LogP contribution in [0, 0.1) is 11.8 Å². The number of ketones is 3. The number of hydrogen-bond acceptors (Lipinski definition) is 17. The van der Waals surface area contributed by atoms with Gasteiger partial charge < -0.3 is 71.1 Å². The quantitative estimate of drug-likeness (QED) is 0.0354. The first-order valence-corrected chi connectivity index (χ1v) is 30.9. The first-order chi connectivity index (χ1) is 41.5. The van der Waals surface area contributed by atoms with E-state index in [0.29, 0.717) is 38.6 Å². The van der Waals surface area contributed by atoms with E-state index in [-0.39, 0.29) is 135 Å². The van der Waals surface area contributed by atoms with Crippen LogP contribution in [0.25, 0.3) is 0 Å². The van der Waals surface area contributed by atoms with Crippen molar-refractivity contribution in [1.29, 1.82) is 0 Å². The average Bonchev–Trinajstić information content (AvgIpc) is 3.45. The van der Waals surface area contributed by atoms with Gasteiger partial charge in [0.2, 0.25) is 29.5 Å². The maximum Gasteiger partial charge on any atom is 0.326 e. The zero-order chi connectivity index (χ0) is 65.0. The van der Waals surface area contributed by atoms with E-state index in [2.05, 4.69) is 26.6 Å². The SMILES string of the molecule is CC(=O)[C@@H](C)CCCCNC(=O)CC[C@H](NC(=O)CC[C@H](CC(=O)CC[C@H](NC(=O)COCCOCCCC(=O)COCCOCCNC(=O)CC[C@H](NC(=O)CCCCCCCCCCCCCCCCC(=O)O)C(=O)O)C(=O)O)C(=O)O)C(=O)O.[HH]. The molecule has 0 aliphatic rings. The predicted molar refractivity (Wildman–Crippen MR) is 317 cm³/mol. The van der Waals surface area contributed by atoms with Crippen LogP contribution < -0.4 is 26.6 Å². The van der Waals surface area contributed by atoms with E-state index in [1.807, 2.05) is 6.92 Å². The highest BCUT2D eigenvalue weighted by Crippen LogP contribution is 2.17. The molecule has 500 valence electrons. The molecule has 0 aromatic carbocycles. The van der Waals surface area contributed by atoms with E-state index in [9.17, 15) is 82.8 Å². The van der Waals surface area contributed by atoms with Crippen LogP contribution in [0.5, 0.6) is 0 Å². The van der Waals surface area contributed by atoms with Gasteiger partial charge in [0.05, 0.1) is 39.0 Å². The standard InChI is InChI=1S/C60H101N5O22.H2/c1-43(44(2)66)20-17-18-32-61-51(69)30-27-50(60(82)83)64-54(72)29-24-45(57(76)77)40-46(67)25-26-48(58(78)79)65-55(73)42-87-39-36-84-34-19-21-47(68)41-86-38-37-85-35-33-62-52(70)31-28-49(59(80)81)63-53(71)22-15-13-11-9-7-5-3-4-6-8-10-12-14-16-23-56(74)75;/h43,45,48-50H,3-42H2,1-2H3,(H,61,69)(H,62,70)(H,63,71)(H,64,72)(H,65,73)(H,74,75)(H,76,77)(H,78,79)(H,80,81)(H,82,83);1H/t43-,45+,48-,49-,50-;/m0./s1. The summed E-state index contributed by atoms with van der Waals surface area (Å²) in [6.45, 7) is 3.74. The zero-order valence-corrected chi connectivity index (χ0v) is 51.3. The van der Waals surface area contributed by atoms with Crippen molar-refractivity contribution in [3.05, 3.63) is 0 Å². The summed E-state index contributed by atoms with van der Waals surface area (Å²) in [6, 6.07) is -4.13. The van der Waals surface area contributed by atoms with E-state index in [1.165, 1.54) is 39.0 Å². The van der Waals surface area contributed by atoms with E-state index < -0.39 is 109 Å². The Balaban J connectivity index is 0. The molecule has 0 saturated heterocycles. The number of carboxylic acids is 5. The van der Waals surface area contributed by atoms with Gasteiger partial charge in [-0.15, -0.1) is 0 Å². The summed E-state index contributed by atoms with van der Waals surface area (Å²) in [5.41, 5.74) is 0. The van der Waals surface area contributed by atoms with Crippen LogP contribution in [-0.2, 0) is 81.3 Å². The number of nitrogens with one attached hydrogen (secondary N) is 5. The number of carbonyl (C=O) groups excluding carboxylic acids is 8. The molecule has 0 unspecified atom stereocenters. The Morgan fingerprint density at radius 3 is 1.28 bits per heavy atom. The lowest BCUT2D eigenvalue weighted by Crippen LogP contribution is -2.43. The Hall–Kier alpha value is -6.45. The number of carbonyl (C=O) groups is 13. The van der Waals surface area contributed by atoms with Crippen molar-refractivity contribution in [2.75, 3.05) is 65.9 Å². The van der Waals surface area contributed by atoms with Crippen molar-refractivity contribution in [3.8, 4) is 0 Å². The predicted octanol–water partition coefficient (Wildman–Crippen LogP) is 5.09. The number of unbranched alkanes of at least 4 members (excludes halogenated alkanes) is 14. The second-order valence-corrected chi connectivity index (χ2v) is 21.8. The lowest BCUT2D eigenvalue weighted by Gasteiger charge is -2.17. The van der Waals surface area contributed by atoms with Crippen LogP contribution in [0.2, 0.25) is 0 Å². The van der Waals surface area contributed by atoms with Crippen LogP contribution in [0.4, 0.5) is 0 Å². The molecule has 5 amide bonds. The fraction of sp³-hybridized carbons (Fsp3) is 0.783. The molecule has 0 aliphatic heterocycles. The zero-order valence-electron chi connectivity index (χ0n) is 51.3. The van der Waals surface area contributed by atoms with Gasteiger partial charge in [0.25, 0.3) is 0 Å². The van der Waals surface area contributed by atoms with Gasteiger partial charge >= 0.3 is 29.8 Å². The fourth-order valence-corrected chi connectivity index (χ4v) is 8.76. The molecule has 0 aromatic heterocycles. The number of amides is 5. The largest absolute Gasteiger partial charge is 0.481 e. The first kappa shape index (κ1) is 80.5. The summed E-state index contributed by atoms with van der Waals surface area (Å²) in [5, 5.41) is 59.4. The summed E-state index contributed by atoms with van der Waals surface area (Å²) in [7, 11) is 0. The highest BCUT2D eigenvalue weighted by molar-refractivity contribution is 5.88. The molecule has 0 aliphatic carbocycles. The highest BCUT2D eigenvalue weighted by atomic mass is 16.5. The summed E-state index contributed by atoms with van der Waals surface area (Å²) in [5.74, 6) is -11.2. The first-order valence-electron chi connectivity index (χ1n) is 30.9. The van der Waals surface area contributed by atoms with Crippen LogP contribution in [-0.4, -0.2) is 186 Å². The molecule has 27 nitrogen and oxygen atoms in total. The molecular formula is C60H103N5O22. The summed E-state index contributed by atoms with van der Waals surface area (Å²) in [6.07, 6.45) is 15.0. The summed E-state index contributed by atoms with van der Waals surface area (Å²) < 4.78 is 21.4. The average molecular weight is 1250 g/mol. The van der Waals surface area contributed by atoms with Gasteiger partial charge in [0.15, 0.2) is 5.78 Å². The van der Waals surface area contributed by atoms with Crippen LogP contribution in [0.1, 0.15) is 208 Å². The van der Waals surface area contributed by atoms with Crippen molar-refractivity contribution >= 4 is 76.7 Å². The minimum Gasteiger partial charge on any atom is -0.481 e. The molecule has 10 N–H and O–H groups in total. The van der Waals surface area contributed by atoms with Crippen molar-refractivity contribution in [3.63, 3.8) is 0 Å². The second kappa shape index (κ2) is 52.7. The third-order valence-corrected chi connectivity index (χ3v) is 14.2. The molecule has 0 bridgehead atoms. The smallest absolute Gasteiger partial charge is 0.326 e. The molecule has 0 spiro atoms. The van der Waals surface area contributed by atoms with E-state index in [0.717, 1.165) is 51.4 Å². The Kier molecular flexibility index (Phi) is 48.7. The molecule has 0 fully saturated rings. The maximum absolute atomic E-state index is 12.7. The Bertz CT molecular complexity index is 2080. The third-order valence-electron chi connectivity index (χ3n) is 14.2. The Morgan fingerprint density at radius 1 is 0.356 bits per heavy atom. The van der Waals surface area contributed by atoms with E-state index in [4.69, 9.17) is 24.1 Å². The number of hydrogen-bond donors (Lipinski definition) is 10. The number of Topliss-reactive ketones (excluding diaryl/α,β-unsaturated/α-hetero) is 3. The van der Waals surface area contributed by atoms with Crippen LogP contribution >= 0.6 is 0 Å². The molecule has 0 heterocycles. The second-order valence-electron chi connectivity index (χ2n) is 21.8. The molecule has 27 heteroatoms. The molecule has 0 rings (SSSR count). The topological polar surface area (TPSA) is 420 Å². The van der Waals surface area contributed by atoms with Gasteiger partial charge in [-0.2, -0.15) is 0 Å². The lowest BCUT2D eigenvalue weighted by molar-refractivity contribution is -0.145. The van der Waals surface area contributed by atoms with Crippen molar-refractivity contribution in [2.45, 2.75) is 225 Å². The Morgan fingerprint density at radius 2 is 0.782 bits per heavy atom. The maximum atomic E-state index is 12.7. The van der Waals surface area contributed by atoms with Crippen molar-refractivity contribution < 1.29 is 108 Å². The normalized spacial score (nSPS) is 12.8. The molecule has 0 radical (unpaired) electrons. The number of ether oxygens (including phenoxy) is 4. The molecule has 0 aromatic rings. The van der Waals surface area contributed by atoms with Gasteiger partial charge in [-0.1, -0.05) is 90.4 Å². The van der Waals surface area contributed by atoms with Gasteiger partial charge in [-0.25, -0.2) is 14.4 Å². The summed E-state index contributed by atoms with van der Waals surface area (Å²) in [4.78, 5) is 156. The minimum absolute atomic E-state index is 0. The fourth-order valence-electron chi connectivity index (χ4n) is 8.76. The lowest BCUT2D eigenvalue weighted by atomic mass is 9.94. The van der Waals surface area contributed by atoms with Crippen LogP contribution in [0.15, 0.2) is 0 Å². The van der Waals surface area contributed by atoms with Crippen LogP contribution in [0.3, 0.4) is 0 Å². The van der Waals surface area contributed by atoms with Gasteiger partial charge in [-0.3, -0.25) is 47.9 Å². The highest BCUT2D eigenvalue weighted by Gasteiger charge is 2.27. The van der Waals surface area contributed by atoms with Crippen molar-refractivity contribution in [1.82, 2.24) is 26.6 Å². The third kappa shape index (κ3) is 49.3. The number of carboxylic acid groups (broad SMARTS) is 5. The number of aliphatic carboxylic acids is 5. The minimum atomic E-state index is -1.51.